The van der Waals surface area contributed by atoms with Gasteiger partial charge in [-0.25, -0.2) is 4.39 Å². The van der Waals surface area contributed by atoms with Crippen molar-refractivity contribution in [1.29, 1.82) is 0 Å². The molecule has 1 unspecified atom stereocenters. The molecular formula is C11H16ClFN2. The van der Waals surface area contributed by atoms with Crippen LogP contribution in [0.3, 0.4) is 0 Å². The van der Waals surface area contributed by atoms with Crippen molar-refractivity contribution in [1.82, 2.24) is 4.90 Å². The van der Waals surface area contributed by atoms with Crippen LogP contribution in [-0.2, 0) is 0 Å². The lowest BCUT2D eigenvalue weighted by Crippen LogP contribution is -2.20. The minimum Gasteiger partial charge on any atom is -0.324 e. The second-order valence-electron chi connectivity index (χ2n) is 3.86. The molecule has 1 aromatic rings. The molecule has 1 aromatic carbocycles. The molecule has 0 amide bonds. The van der Waals surface area contributed by atoms with Gasteiger partial charge < -0.3 is 10.6 Å². The van der Waals surface area contributed by atoms with Crippen molar-refractivity contribution in [2.45, 2.75) is 12.5 Å². The van der Waals surface area contributed by atoms with Crippen LogP contribution in [0, 0.1) is 5.82 Å². The third-order valence-corrected chi connectivity index (χ3v) is 2.48. The van der Waals surface area contributed by atoms with Gasteiger partial charge in [-0.3, -0.25) is 0 Å². The van der Waals surface area contributed by atoms with Crippen LogP contribution in [0.15, 0.2) is 18.2 Å². The normalized spacial score (nSPS) is 13.2. The van der Waals surface area contributed by atoms with Crippen molar-refractivity contribution < 1.29 is 4.39 Å². The summed E-state index contributed by atoms with van der Waals surface area (Å²) in [5.41, 5.74) is 6.41. The quantitative estimate of drug-likeness (QED) is 0.861. The van der Waals surface area contributed by atoms with Gasteiger partial charge in [0.2, 0.25) is 0 Å². The first-order valence-electron chi connectivity index (χ1n) is 4.86. The monoisotopic (exact) mass is 230 g/mol. The van der Waals surface area contributed by atoms with E-state index >= 15 is 0 Å². The van der Waals surface area contributed by atoms with Gasteiger partial charge in [0.05, 0.1) is 0 Å². The van der Waals surface area contributed by atoms with E-state index in [0.29, 0.717) is 10.6 Å². The summed E-state index contributed by atoms with van der Waals surface area (Å²) in [6.07, 6.45) is 0.728. The second kappa shape index (κ2) is 5.45. The van der Waals surface area contributed by atoms with E-state index in [-0.39, 0.29) is 11.9 Å². The molecule has 1 atom stereocenters. The van der Waals surface area contributed by atoms with Gasteiger partial charge in [-0.2, -0.15) is 0 Å². The Morgan fingerprint density at radius 1 is 1.47 bits per heavy atom. The van der Waals surface area contributed by atoms with Crippen LogP contribution in [-0.4, -0.2) is 25.5 Å². The number of nitrogens with zero attached hydrogens (tertiary/aromatic N) is 1. The number of nitrogens with two attached hydrogens (primary N) is 1. The van der Waals surface area contributed by atoms with E-state index in [2.05, 4.69) is 0 Å². The maximum absolute atomic E-state index is 13.4. The summed E-state index contributed by atoms with van der Waals surface area (Å²) < 4.78 is 13.4. The van der Waals surface area contributed by atoms with Crippen molar-refractivity contribution in [3.63, 3.8) is 0 Å². The van der Waals surface area contributed by atoms with Crippen molar-refractivity contribution in [2.24, 2.45) is 5.73 Å². The minimum atomic E-state index is -0.325. The van der Waals surface area contributed by atoms with Gasteiger partial charge in [0.15, 0.2) is 0 Å². The number of benzene rings is 1. The third-order valence-electron chi connectivity index (χ3n) is 2.25. The average Bonchev–Trinajstić information content (AvgIpc) is 2.14. The van der Waals surface area contributed by atoms with Gasteiger partial charge in [0.25, 0.3) is 0 Å². The molecule has 0 radical (unpaired) electrons. The molecule has 0 aliphatic carbocycles. The first-order chi connectivity index (χ1) is 7.00. The van der Waals surface area contributed by atoms with Gasteiger partial charge >= 0.3 is 0 Å². The van der Waals surface area contributed by atoms with Crippen molar-refractivity contribution in [3.05, 3.63) is 34.6 Å². The smallest absolute Gasteiger partial charge is 0.129 e. The summed E-state index contributed by atoms with van der Waals surface area (Å²) in [7, 11) is 3.93. The largest absolute Gasteiger partial charge is 0.324 e. The highest BCUT2D eigenvalue weighted by Crippen LogP contribution is 2.21. The first-order valence-corrected chi connectivity index (χ1v) is 5.23. The minimum absolute atomic E-state index is 0.273. The number of hydrogen-bond acceptors (Lipinski definition) is 2. The van der Waals surface area contributed by atoms with Crippen LogP contribution < -0.4 is 5.73 Å². The van der Waals surface area contributed by atoms with Crippen LogP contribution in [0.5, 0.6) is 0 Å². The molecule has 84 valence electrons. The number of halogens is 2. The second-order valence-corrected chi connectivity index (χ2v) is 4.30. The summed E-state index contributed by atoms with van der Waals surface area (Å²) in [5, 5.41) is 0.399. The Balaban J connectivity index is 2.69. The molecule has 0 saturated carbocycles. The maximum Gasteiger partial charge on any atom is 0.129 e. The highest BCUT2D eigenvalue weighted by molar-refractivity contribution is 6.30. The highest BCUT2D eigenvalue weighted by Gasteiger charge is 2.11. The Hall–Kier alpha value is -0.640. The Morgan fingerprint density at radius 2 is 2.13 bits per heavy atom. The van der Waals surface area contributed by atoms with Crippen LogP contribution in [0.4, 0.5) is 4.39 Å². The summed E-state index contributed by atoms with van der Waals surface area (Å²) >= 11 is 5.66. The standard InChI is InChI=1S/C11H16ClFN2/c1-15(2)6-5-11(14)9-4-3-8(12)7-10(9)13/h3-4,7,11H,5-6,14H2,1-2H3. The molecule has 0 spiro atoms. The number of hydrogen-bond donors (Lipinski definition) is 1. The number of rotatable bonds is 4. The van der Waals surface area contributed by atoms with Crippen LogP contribution >= 0.6 is 11.6 Å². The van der Waals surface area contributed by atoms with E-state index in [0.717, 1.165) is 13.0 Å². The Labute approximate surface area is 94.8 Å². The molecule has 1 rings (SSSR count). The predicted octanol–water partition coefficient (Wildman–Crippen LogP) is 2.43. The molecule has 0 aliphatic heterocycles. The SMILES string of the molecule is CN(C)CCC(N)c1ccc(Cl)cc1F. The fourth-order valence-corrected chi connectivity index (χ4v) is 1.51. The van der Waals surface area contributed by atoms with Gasteiger partial charge in [0.1, 0.15) is 5.82 Å². The van der Waals surface area contributed by atoms with E-state index in [1.165, 1.54) is 6.07 Å². The Morgan fingerprint density at radius 3 is 2.67 bits per heavy atom. The zero-order valence-electron chi connectivity index (χ0n) is 9.00. The molecule has 15 heavy (non-hydrogen) atoms. The Bertz CT molecular complexity index is 328. The van der Waals surface area contributed by atoms with Gasteiger partial charge in [-0.1, -0.05) is 17.7 Å². The maximum atomic E-state index is 13.4. The lowest BCUT2D eigenvalue weighted by atomic mass is 10.0. The molecule has 0 heterocycles. The van der Waals surface area contributed by atoms with Crippen LogP contribution in [0.1, 0.15) is 18.0 Å². The van der Waals surface area contributed by atoms with Crippen molar-refractivity contribution in [2.75, 3.05) is 20.6 Å². The van der Waals surface area contributed by atoms with Crippen LogP contribution in [0.2, 0.25) is 5.02 Å². The average molecular weight is 231 g/mol. The molecule has 0 saturated heterocycles. The third kappa shape index (κ3) is 3.78. The molecule has 0 bridgehead atoms. The molecule has 0 aliphatic rings. The lowest BCUT2D eigenvalue weighted by Gasteiger charge is -2.16. The van der Waals surface area contributed by atoms with E-state index < -0.39 is 0 Å². The fourth-order valence-electron chi connectivity index (χ4n) is 1.35. The first kappa shape index (κ1) is 12.4. The van der Waals surface area contributed by atoms with E-state index in [1.807, 2.05) is 19.0 Å². The lowest BCUT2D eigenvalue weighted by molar-refractivity contribution is 0.380. The molecule has 0 fully saturated rings. The fraction of sp³-hybridized carbons (Fsp3) is 0.455. The summed E-state index contributed by atoms with van der Waals surface area (Å²) in [5.74, 6) is -0.325. The topological polar surface area (TPSA) is 29.3 Å². The van der Waals surface area contributed by atoms with Gasteiger partial charge in [0, 0.05) is 16.6 Å². The van der Waals surface area contributed by atoms with Gasteiger partial charge in [-0.05, 0) is 39.2 Å². The molecule has 0 aromatic heterocycles. The predicted molar refractivity (Wildman–Crippen MR) is 61.5 cm³/mol. The van der Waals surface area contributed by atoms with Crippen LogP contribution in [0.25, 0.3) is 0 Å². The Kier molecular flexibility index (Phi) is 4.51. The molecule has 4 heteroatoms. The summed E-state index contributed by atoms with van der Waals surface area (Å²) in [6, 6.07) is 4.34. The van der Waals surface area contributed by atoms with Crippen molar-refractivity contribution >= 4 is 11.6 Å². The van der Waals surface area contributed by atoms with Crippen molar-refractivity contribution in [3.8, 4) is 0 Å². The summed E-state index contributed by atoms with van der Waals surface area (Å²) in [4.78, 5) is 2.02. The highest BCUT2D eigenvalue weighted by atomic mass is 35.5. The zero-order valence-corrected chi connectivity index (χ0v) is 9.76. The summed E-state index contributed by atoms with van der Waals surface area (Å²) in [6.45, 7) is 0.837. The molecular weight excluding hydrogens is 215 g/mol. The zero-order chi connectivity index (χ0) is 11.4. The van der Waals surface area contributed by atoms with E-state index in [9.17, 15) is 4.39 Å². The van der Waals surface area contributed by atoms with Gasteiger partial charge in [-0.15, -0.1) is 0 Å². The molecule has 2 N–H and O–H groups in total. The van der Waals surface area contributed by atoms with E-state index in [4.69, 9.17) is 17.3 Å². The molecule has 2 nitrogen and oxygen atoms in total. The van der Waals surface area contributed by atoms with E-state index in [1.54, 1.807) is 12.1 Å².